The maximum atomic E-state index is 13.2. The van der Waals surface area contributed by atoms with Crippen molar-refractivity contribution in [3.63, 3.8) is 0 Å². The number of aromatic nitrogens is 1. The van der Waals surface area contributed by atoms with Gasteiger partial charge in [-0.3, -0.25) is 4.98 Å². The number of hydrogen-bond acceptors (Lipinski definition) is 4. The van der Waals surface area contributed by atoms with Gasteiger partial charge in [-0.15, -0.1) is 0 Å². The summed E-state index contributed by atoms with van der Waals surface area (Å²) >= 11 is 3.55. The third-order valence-corrected chi connectivity index (χ3v) is 5.54. The average molecular weight is 480 g/mol. The molecule has 4 nitrogen and oxygen atoms in total. The Kier molecular flexibility index (Phi) is 6.28. The van der Waals surface area contributed by atoms with E-state index in [-0.39, 0.29) is 5.82 Å². The molecule has 0 aliphatic heterocycles. The maximum Gasteiger partial charge on any atom is 0.341 e. The van der Waals surface area contributed by atoms with Crippen molar-refractivity contribution in [1.82, 2.24) is 4.98 Å². The summed E-state index contributed by atoms with van der Waals surface area (Å²) in [6.45, 7) is 0.292. The Labute approximate surface area is 187 Å². The molecule has 6 heteroatoms. The lowest BCUT2D eigenvalue weighted by molar-refractivity contribution is 0.0596. The summed E-state index contributed by atoms with van der Waals surface area (Å²) in [5.41, 5.74) is 3.78. The van der Waals surface area contributed by atoms with E-state index in [0.717, 1.165) is 22.1 Å². The van der Waals surface area contributed by atoms with Gasteiger partial charge in [0.2, 0.25) is 0 Å². The third-order valence-electron chi connectivity index (χ3n) is 4.89. The van der Waals surface area contributed by atoms with Gasteiger partial charge in [-0.05, 0) is 47.4 Å². The van der Waals surface area contributed by atoms with E-state index in [1.807, 2.05) is 36.4 Å². The van der Waals surface area contributed by atoms with Crippen molar-refractivity contribution in [3.8, 4) is 5.75 Å². The van der Waals surface area contributed by atoms with E-state index in [0.29, 0.717) is 34.3 Å². The highest BCUT2D eigenvalue weighted by Crippen LogP contribution is 2.36. The summed E-state index contributed by atoms with van der Waals surface area (Å²) in [6, 6.07) is 19.8. The fraction of sp³-hybridized carbons (Fsp3) is 0.120. The number of halogens is 2. The highest BCUT2D eigenvalue weighted by Gasteiger charge is 2.20. The lowest BCUT2D eigenvalue weighted by Crippen LogP contribution is -2.07. The van der Waals surface area contributed by atoms with Gasteiger partial charge in [0.05, 0.1) is 7.11 Å². The zero-order valence-corrected chi connectivity index (χ0v) is 18.4. The summed E-state index contributed by atoms with van der Waals surface area (Å²) in [6.07, 6.45) is 2.35. The van der Waals surface area contributed by atoms with E-state index < -0.39 is 5.97 Å². The molecule has 0 bridgehead atoms. The fourth-order valence-corrected chi connectivity index (χ4v) is 3.87. The molecule has 0 atom stereocenters. The van der Waals surface area contributed by atoms with Crippen LogP contribution in [0, 0.1) is 5.82 Å². The van der Waals surface area contributed by atoms with Crippen LogP contribution in [0.25, 0.3) is 10.9 Å². The highest BCUT2D eigenvalue weighted by atomic mass is 79.9. The predicted molar refractivity (Wildman–Crippen MR) is 121 cm³/mol. The number of fused-ring (bicyclic) bond motifs is 1. The predicted octanol–water partition coefficient (Wildman–Crippen LogP) is 6.09. The maximum absolute atomic E-state index is 13.2. The van der Waals surface area contributed by atoms with Crippen LogP contribution in [-0.4, -0.2) is 18.1 Å². The van der Waals surface area contributed by atoms with Gasteiger partial charge in [0.25, 0.3) is 0 Å². The van der Waals surface area contributed by atoms with Gasteiger partial charge in [-0.1, -0.05) is 58.4 Å². The Morgan fingerprint density at radius 3 is 2.45 bits per heavy atom. The van der Waals surface area contributed by atoms with Gasteiger partial charge in [0.1, 0.15) is 23.5 Å². The average Bonchev–Trinajstić information content (AvgIpc) is 2.80. The Balaban J connectivity index is 1.74. The van der Waals surface area contributed by atoms with Crippen LogP contribution in [0.15, 0.2) is 77.4 Å². The molecule has 0 saturated carbocycles. The zero-order chi connectivity index (χ0) is 21.8. The molecular formula is C25H19BrFNO3. The number of hydrogen-bond donors (Lipinski definition) is 0. The van der Waals surface area contributed by atoms with Crippen molar-refractivity contribution in [1.29, 1.82) is 0 Å². The minimum Gasteiger partial charge on any atom is -0.486 e. The quantitative estimate of drug-likeness (QED) is 0.314. The Bertz CT molecular complexity index is 1230. The van der Waals surface area contributed by atoms with E-state index in [4.69, 9.17) is 9.47 Å². The summed E-state index contributed by atoms with van der Waals surface area (Å²) in [4.78, 5) is 17.0. The second kappa shape index (κ2) is 9.27. The van der Waals surface area contributed by atoms with Crippen molar-refractivity contribution in [2.75, 3.05) is 7.11 Å². The number of nitrogens with zero attached hydrogens (tertiary/aromatic N) is 1. The second-order valence-corrected chi connectivity index (χ2v) is 7.90. The molecule has 4 rings (SSSR count). The Hall–Kier alpha value is -3.25. The first-order chi connectivity index (χ1) is 15.0. The van der Waals surface area contributed by atoms with Crippen molar-refractivity contribution >= 4 is 32.8 Å². The molecule has 0 spiro atoms. The van der Waals surface area contributed by atoms with Crippen molar-refractivity contribution in [2.24, 2.45) is 0 Å². The molecule has 0 N–H and O–H groups in total. The molecule has 0 amide bonds. The van der Waals surface area contributed by atoms with Gasteiger partial charge < -0.3 is 9.47 Å². The van der Waals surface area contributed by atoms with Crippen LogP contribution in [0.2, 0.25) is 0 Å². The van der Waals surface area contributed by atoms with Gasteiger partial charge in [0, 0.05) is 16.1 Å². The number of methoxy groups -OCH3 is 1. The number of carbonyl (C=O) groups excluding carboxylic acids is 1. The first kappa shape index (κ1) is 21.0. The van der Waals surface area contributed by atoms with E-state index in [9.17, 15) is 9.18 Å². The van der Waals surface area contributed by atoms with Crippen LogP contribution in [0.3, 0.4) is 0 Å². The van der Waals surface area contributed by atoms with Crippen LogP contribution >= 0.6 is 15.9 Å². The fourth-order valence-electron chi connectivity index (χ4n) is 3.34. The SMILES string of the molecule is COC(=O)c1cc(Br)c2cc(Cc3ccc(F)cc3)cnc2c1OCc1ccccc1. The van der Waals surface area contributed by atoms with Gasteiger partial charge >= 0.3 is 5.97 Å². The lowest BCUT2D eigenvalue weighted by Gasteiger charge is -2.15. The standard InChI is InChI=1S/C25H19BrFNO3/c1-30-25(29)21-13-22(26)20-12-18(11-16-7-9-19(27)10-8-16)14-28-23(20)24(21)31-15-17-5-3-2-4-6-17/h2-10,12-14H,11,15H2,1H3. The smallest absolute Gasteiger partial charge is 0.341 e. The molecule has 1 aromatic heterocycles. The molecule has 156 valence electrons. The molecule has 3 aromatic carbocycles. The monoisotopic (exact) mass is 479 g/mol. The summed E-state index contributed by atoms with van der Waals surface area (Å²) in [7, 11) is 1.33. The van der Waals surface area contributed by atoms with Crippen LogP contribution in [0.1, 0.15) is 27.0 Å². The Morgan fingerprint density at radius 2 is 1.74 bits per heavy atom. The van der Waals surface area contributed by atoms with E-state index in [1.165, 1.54) is 19.2 Å². The Morgan fingerprint density at radius 1 is 1.00 bits per heavy atom. The first-order valence-corrected chi connectivity index (χ1v) is 10.4. The largest absolute Gasteiger partial charge is 0.486 e. The molecule has 0 aliphatic carbocycles. The van der Waals surface area contributed by atoms with Crippen molar-refractivity contribution < 1.29 is 18.7 Å². The number of rotatable bonds is 6. The molecule has 0 unspecified atom stereocenters. The molecule has 31 heavy (non-hydrogen) atoms. The van der Waals surface area contributed by atoms with Gasteiger partial charge in [-0.25, -0.2) is 9.18 Å². The van der Waals surface area contributed by atoms with Crippen LogP contribution in [0.4, 0.5) is 4.39 Å². The molecular weight excluding hydrogens is 461 g/mol. The zero-order valence-electron chi connectivity index (χ0n) is 16.8. The number of esters is 1. The lowest BCUT2D eigenvalue weighted by atomic mass is 10.0. The van der Waals surface area contributed by atoms with Crippen LogP contribution in [-0.2, 0) is 17.8 Å². The summed E-state index contributed by atoms with van der Waals surface area (Å²) < 4.78 is 24.9. The van der Waals surface area contributed by atoms with Crippen LogP contribution in [0.5, 0.6) is 5.75 Å². The van der Waals surface area contributed by atoms with Crippen molar-refractivity contribution in [3.05, 3.63) is 105 Å². The first-order valence-electron chi connectivity index (χ1n) is 9.66. The molecule has 0 saturated heterocycles. The number of pyridine rings is 1. The number of ether oxygens (including phenoxy) is 2. The number of carbonyl (C=O) groups is 1. The minimum atomic E-state index is -0.497. The van der Waals surface area contributed by atoms with Gasteiger partial charge in [0.15, 0.2) is 5.75 Å². The molecule has 0 aliphatic rings. The molecule has 0 fully saturated rings. The summed E-state index contributed by atoms with van der Waals surface area (Å²) in [5, 5.41) is 0.815. The molecule has 4 aromatic rings. The molecule has 0 radical (unpaired) electrons. The second-order valence-electron chi connectivity index (χ2n) is 7.04. The normalized spacial score (nSPS) is 10.8. The van der Waals surface area contributed by atoms with E-state index in [2.05, 4.69) is 20.9 Å². The van der Waals surface area contributed by atoms with E-state index >= 15 is 0 Å². The van der Waals surface area contributed by atoms with Crippen molar-refractivity contribution in [2.45, 2.75) is 13.0 Å². The van der Waals surface area contributed by atoms with Crippen LogP contribution < -0.4 is 4.74 Å². The minimum absolute atomic E-state index is 0.265. The highest BCUT2D eigenvalue weighted by molar-refractivity contribution is 9.10. The number of benzene rings is 3. The topological polar surface area (TPSA) is 48.4 Å². The van der Waals surface area contributed by atoms with Gasteiger partial charge in [-0.2, -0.15) is 0 Å². The van der Waals surface area contributed by atoms with E-state index in [1.54, 1.807) is 24.4 Å². The third kappa shape index (κ3) is 4.75. The molecule has 1 heterocycles. The summed E-state index contributed by atoms with van der Waals surface area (Å²) in [5.74, 6) is -0.385.